The maximum absolute atomic E-state index is 14.0. The molecule has 2 aliphatic rings. The molecule has 5 atom stereocenters. The fraction of sp³-hybridized carbons (Fsp3) is 0.500. The molecule has 0 radical (unpaired) electrons. The van der Waals surface area contributed by atoms with Crippen molar-refractivity contribution in [2.75, 3.05) is 26.7 Å². The van der Waals surface area contributed by atoms with Crippen molar-refractivity contribution in [1.29, 1.82) is 0 Å². The van der Waals surface area contributed by atoms with Crippen LogP contribution in [0.15, 0.2) is 60.7 Å². The van der Waals surface area contributed by atoms with Gasteiger partial charge in [0, 0.05) is 31.6 Å². The molecule has 0 saturated heterocycles. The zero-order chi connectivity index (χ0) is 30.8. The van der Waals surface area contributed by atoms with Crippen molar-refractivity contribution < 1.29 is 24.2 Å². The van der Waals surface area contributed by atoms with Crippen molar-refractivity contribution in [3.63, 3.8) is 0 Å². The first-order valence-corrected chi connectivity index (χ1v) is 15.5. The first-order valence-electron chi connectivity index (χ1n) is 15.5. The van der Waals surface area contributed by atoms with Crippen molar-refractivity contribution in [3.8, 4) is 5.75 Å². The Balaban J connectivity index is 1.68. The normalized spacial score (nSPS) is 24.9. The van der Waals surface area contributed by atoms with E-state index >= 15 is 0 Å². The molecular weight excluding hydrogens is 544 g/mol. The Kier molecular flexibility index (Phi) is 11.8. The molecule has 3 amide bonds. The van der Waals surface area contributed by atoms with Gasteiger partial charge in [0.2, 0.25) is 17.7 Å². The lowest BCUT2D eigenvalue weighted by atomic mass is 9.83. The number of nitrogens with one attached hydrogen (secondary N) is 3. The molecule has 0 aromatic heterocycles. The SMILES string of the molecule is CC(O)[C@H]1C(=O)N[C@H](C(C)c2ccccc2)C(=O)NCC=Cc2ccccc2OCCN[C@@H](C2CCCCC2)C(=O)N1C. The number of rotatable bonds is 4. The van der Waals surface area contributed by atoms with Gasteiger partial charge >= 0.3 is 0 Å². The molecule has 1 saturated carbocycles. The van der Waals surface area contributed by atoms with E-state index in [-0.39, 0.29) is 30.2 Å². The summed E-state index contributed by atoms with van der Waals surface area (Å²) in [6.07, 6.45) is 7.63. The number of carbonyl (C=O) groups is 3. The second-order valence-electron chi connectivity index (χ2n) is 11.7. The van der Waals surface area contributed by atoms with Crippen LogP contribution in [0.4, 0.5) is 0 Å². The monoisotopic (exact) mass is 590 g/mol. The van der Waals surface area contributed by atoms with Crippen LogP contribution in [0.3, 0.4) is 0 Å². The van der Waals surface area contributed by atoms with E-state index in [4.69, 9.17) is 4.74 Å². The molecular formula is C34H46N4O5. The predicted molar refractivity (Wildman–Crippen MR) is 167 cm³/mol. The maximum Gasteiger partial charge on any atom is 0.246 e. The van der Waals surface area contributed by atoms with Crippen LogP contribution in [0.25, 0.3) is 6.08 Å². The van der Waals surface area contributed by atoms with E-state index in [1.54, 1.807) is 7.05 Å². The fourth-order valence-corrected chi connectivity index (χ4v) is 6.18. The Bertz CT molecular complexity index is 1240. The molecule has 43 heavy (non-hydrogen) atoms. The van der Waals surface area contributed by atoms with Crippen molar-refractivity contribution in [2.24, 2.45) is 5.92 Å². The summed E-state index contributed by atoms with van der Waals surface area (Å²) in [7, 11) is 1.56. The molecule has 1 aliphatic carbocycles. The number of likely N-dealkylation sites (N-methyl/N-ethyl adjacent to an activating group) is 1. The third-order valence-corrected chi connectivity index (χ3v) is 8.62. The lowest BCUT2D eigenvalue weighted by Crippen LogP contribution is -2.61. The number of benzene rings is 2. The predicted octanol–water partition coefficient (Wildman–Crippen LogP) is 3.24. The van der Waals surface area contributed by atoms with Gasteiger partial charge in [-0.05, 0) is 37.3 Å². The topological polar surface area (TPSA) is 120 Å². The van der Waals surface area contributed by atoms with Crippen LogP contribution in [-0.4, -0.2) is 78.7 Å². The van der Waals surface area contributed by atoms with Crippen molar-refractivity contribution >= 4 is 23.8 Å². The molecule has 1 aliphatic heterocycles. The average Bonchev–Trinajstić information content (AvgIpc) is 3.02. The Morgan fingerprint density at radius 1 is 0.930 bits per heavy atom. The molecule has 4 rings (SSSR count). The van der Waals surface area contributed by atoms with Gasteiger partial charge in [-0.15, -0.1) is 0 Å². The molecule has 1 fully saturated rings. The van der Waals surface area contributed by atoms with Crippen molar-refractivity contribution in [2.45, 2.75) is 76.1 Å². The van der Waals surface area contributed by atoms with Gasteiger partial charge in [0.15, 0.2) is 0 Å². The summed E-state index contributed by atoms with van der Waals surface area (Å²) in [5.74, 6) is -0.748. The summed E-state index contributed by atoms with van der Waals surface area (Å²) >= 11 is 0. The van der Waals surface area contributed by atoms with Gasteiger partial charge in [0.25, 0.3) is 0 Å². The van der Waals surface area contributed by atoms with E-state index in [1.807, 2.05) is 73.7 Å². The molecule has 2 aromatic rings. The molecule has 2 unspecified atom stereocenters. The summed E-state index contributed by atoms with van der Waals surface area (Å²) in [6.45, 7) is 4.40. The minimum absolute atomic E-state index is 0.110. The van der Waals surface area contributed by atoms with E-state index in [0.717, 1.165) is 43.2 Å². The number of nitrogens with zero attached hydrogens (tertiary/aromatic N) is 1. The highest BCUT2D eigenvalue weighted by molar-refractivity contribution is 5.94. The maximum atomic E-state index is 14.0. The van der Waals surface area contributed by atoms with E-state index in [0.29, 0.717) is 18.9 Å². The second-order valence-corrected chi connectivity index (χ2v) is 11.7. The largest absolute Gasteiger partial charge is 0.492 e. The van der Waals surface area contributed by atoms with Gasteiger partial charge in [0.1, 0.15) is 24.4 Å². The molecule has 9 heteroatoms. The number of aliphatic hydroxyl groups is 1. The zero-order valence-electron chi connectivity index (χ0n) is 25.5. The lowest BCUT2D eigenvalue weighted by molar-refractivity contribution is -0.146. The summed E-state index contributed by atoms with van der Waals surface area (Å²) in [5.41, 5.74) is 1.76. The van der Waals surface area contributed by atoms with Crippen LogP contribution in [0.1, 0.15) is 63.0 Å². The number of carbonyl (C=O) groups excluding carboxylic acids is 3. The van der Waals surface area contributed by atoms with E-state index in [9.17, 15) is 19.5 Å². The van der Waals surface area contributed by atoms with Gasteiger partial charge in [-0.2, -0.15) is 0 Å². The standard InChI is InChI=1S/C34H46N4O5/c1-23(25-13-6-4-7-14-25)29-32(40)36-20-12-18-26-15-10-11-19-28(26)43-22-21-35-30(27-16-8-5-9-17-27)34(42)38(3)31(24(2)39)33(41)37-29/h4,6-7,10-15,18-19,23-24,27,29-31,35,39H,5,8-9,16-17,20-22H2,1-3H3,(H,36,40)(H,37,41)/t23?,24?,29-,30+,31+/m1/s1. The number of fused-ring (bicyclic) bond motifs is 1. The molecule has 232 valence electrons. The Hall–Kier alpha value is -3.69. The molecule has 0 spiro atoms. The minimum atomic E-state index is -1.18. The molecule has 9 nitrogen and oxygen atoms in total. The summed E-state index contributed by atoms with van der Waals surface area (Å²) < 4.78 is 6.10. The van der Waals surface area contributed by atoms with Crippen LogP contribution in [0.5, 0.6) is 5.75 Å². The van der Waals surface area contributed by atoms with Crippen LogP contribution in [0.2, 0.25) is 0 Å². The summed E-state index contributed by atoms with van der Waals surface area (Å²) in [5, 5.41) is 20.0. The number of hydrogen-bond donors (Lipinski definition) is 4. The van der Waals surface area contributed by atoms with Gasteiger partial charge in [-0.1, -0.05) is 86.9 Å². The Morgan fingerprint density at radius 2 is 1.63 bits per heavy atom. The summed E-state index contributed by atoms with van der Waals surface area (Å²) in [4.78, 5) is 42.8. The van der Waals surface area contributed by atoms with E-state index in [1.165, 1.54) is 11.8 Å². The lowest BCUT2D eigenvalue weighted by Gasteiger charge is -2.37. The number of amides is 3. The number of aliphatic hydroxyl groups excluding tert-OH is 1. The number of hydrogen-bond acceptors (Lipinski definition) is 6. The number of ether oxygens (including phenoxy) is 1. The third kappa shape index (κ3) is 8.45. The summed E-state index contributed by atoms with van der Waals surface area (Å²) in [6, 6.07) is 14.5. The van der Waals surface area contributed by atoms with E-state index < -0.39 is 30.1 Å². The minimum Gasteiger partial charge on any atom is -0.492 e. The number of para-hydroxylation sites is 1. The molecule has 0 bridgehead atoms. The fourth-order valence-electron chi connectivity index (χ4n) is 6.18. The van der Waals surface area contributed by atoms with Crippen LogP contribution >= 0.6 is 0 Å². The Morgan fingerprint density at radius 3 is 2.35 bits per heavy atom. The second kappa shape index (κ2) is 15.7. The quantitative estimate of drug-likeness (QED) is 0.434. The van der Waals surface area contributed by atoms with Crippen LogP contribution in [0, 0.1) is 5.92 Å². The first-order chi connectivity index (χ1) is 20.8. The highest BCUT2D eigenvalue weighted by atomic mass is 16.5. The van der Waals surface area contributed by atoms with Crippen LogP contribution < -0.4 is 20.7 Å². The molecule has 2 aromatic carbocycles. The van der Waals surface area contributed by atoms with Crippen LogP contribution in [-0.2, 0) is 14.4 Å². The molecule has 4 N–H and O–H groups in total. The van der Waals surface area contributed by atoms with E-state index in [2.05, 4.69) is 16.0 Å². The molecule has 1 heterocycles. The van der Waals surface area contributed by atoms with Gasteiger partial charge in [-0.25, -0.2) is 0 Å². The zero-order valence-corrected chi connectivity index (χ0v) is 25.5. The highest BCUT2D eigenvalue weighted by Gasteiger charge is 2.39. The van der Waals surface area contributed by atoms with Crippen molar-refractivity contribution in [1.82, 2.24) is 20.9 Å². The van der Waals surface area contributed by atoms with Gasteiger partial charge < -0.3 is 30.7 Å². The van der Waals surface area contributed by atoms with Gasteiger partial charge in [-0.3, -0.25) is 14.4 Å². The smallest absolute Gasteiger partial charge is 0.246 e. The van der Waals surface area contributed by atoms with Crippen molar-refractivity contribution in [3.05, 3.63) is 71.8 Å². The Labute approximate surface area is 255 Å². The first kappa shape index (κ1) is 32.2. The average molecular weight is 591 g/mol. The highest BCUT2D eigenvalue weighted by Crippen LogP contribution is 2.28. The third-order valence-electron chi connectivity index (χ3n) is 8.62. The van der Waals surface area contributed by atoms with Gasteiger partial charge in [0.05, 0.1) is 12.1 Å².